The van der Waals surface area contributed by atoms with Crippen molar-refractivity contribution in [1.29, 1.82) is 0 Å². The van der Waals surface area contributed by atoms with Gasteiger partial charge in [-0.05, 0) is 0 Å². The topological polar surface area (TPSA) is 51.2 Å². The van der Waals surface area contributed by atoms with Crippen molar-refractivity contribution in [2.75, 3.05) is 5.75 Å². The van der Waals surface area contributed by atoms with Crippen molar-refractivity contribution in [3.8, 4) is 0 Å². The standard InChI is InChI=1S/C4H6O3S2/c5-3-1-2-9(6,7)4(3)8/h4,8H,1-2H2. The highest BCUT2D eigenvalue weighted by molar-refractivity contribution is 8.06. The minimum atomic E-state index is -3.16. The maximum Gasteiger partial charge on any atom is 0.169 e. The van der Waals surface area contributed by atoms with E-state index < -0.39 is 14.4 Å². The molecule has 0 bridgehead atoms. The minimum absolute atomic E-state index is 0.0278. The highest BCUT2D eigenvalue weighted by atomic mass is 32.2. The van der Waals surface area contributed by atoms with Gasteiger partial charge in [-0.2, -0.15) is 12.6 Å². The zero-order chi connectivity index (χ0) is 7.07. The van der Waals surface area contributed by atoms with Crippen LogP contribution in [0.2, 0.25) is 0 Å². The third-order valence-corrected chi connectivity index (χ3v) is 4.22. The first-order chi connectivity index (χ1) is 4.04. The van der Waals surface area contributed by atoms with E-state index in [1.807, 2.05) is 0 Å². The van der Waals surface area contributed by atoms with Gasteiger partial charge in [0.05, 0.1) is 5.75 Å². The molecule has 0 saturated carbocycles. The lowest BCUT2D eigenvalue weighted by Gasteiger charge is -1.94. The van der Waals surface area contributed by atoms with Crippen molar-refractivity contribution < 1.29 is 13.2 Å². The second-order valence-corrected chi connectivity index (χ2v) is 5.01. The molecule has 1 saturated heterocycles. The molecule has 1 atom stereocenters. The molecule has 1 unspecified atom stereocenters. The van der Waals surface area contributed by atoms with E-state index in [1.54, 1.807) is 0 Å². The zero-order valence-corrected chi connectivity index (χ0v) is 6.28. The molecule has 0 aromatic heterocycles. The number of sulfone groups is 1. The maximum absolute atomic E-state index is 10.7. The van der Waals surface area contributed by atoms with Crippen LogP contribution in [-0.2, 0) is 14.6 Å². The second-order valence-electron chi connectivity index (χ2n) is 1.94. The van der Waals surface area contributed by atoms with E-state index in [2.05, 4.69) is 12.6 Å². The van der Waals surface area contributed by atoms with Crippen molar-refractivity contribution in [1.82, 2.24) is 0 Å². The molecule has 1 rings (SSSR count). The smallest absolute Gasteiger partial charge is 0.169 e. The molecule has 9 heavy (non-hydrogen) atoms. The molecule has 1 fully saturated rings. The van der Waals surface area contributed by atoms with Gasteiger partial charge in [-0.3, -0.25) is 4.79 Å². The molecule has 0 aromatic carbocycles. The van der Waals surface area contributed by atoms with Crippen molar-refractivity contribution in [3.63, 3.8) is 0 Å². The molecule has 0 aliphatic carbocycles. The Morgan fingerprint density at radius 3 is 2.22 bits per heavy atom. The molecule has 0 N–H and O–H groups in total. The van der Waals surface area contributed by atoms with E-state index in [0.29, 0.717) is 0 Å². The number of hydrogen-bond donors (Lipinski definition) is 1. The van der Waals surface area contributed by atoms with Gasteiger partial charge in [0.15, 0.2) is 20.2 Å². The van der Waals surface area contributed by atoms with E-state index >= 15 is 0 Å². The maximum atomic E-state index is 10.7. The summed E-state index contributed by atoms with van der Waals surface area (Å²) in [6.45, 7) is 0. The largest absolute Gasteiger partial charge is 0.297 e. The van der Waals surface area contributed by atoms with Gasteiger partial charge in [0.2, 0.25) is 0 Å². The molecule has 0 amide bonds. The summed E-state index contributed by atoms with van der Waals surface area (Å²) in [5, 5.41) is 0. The summed E-state index contributed by atoms with van der Waals surface area (Å²) in [5.74, 6) is -0.307. The fourth-order valence-corrected chi connectivity index (χ4v) is 2.35. The summed E-state index contributed by atoms with van der Waals surface area (Å²) in [6.07, 6.45) is 0.135. The van der Waals surface area contributed by atoms with Crippen LogP contribution >= 0.6 is 12.6 Å². The summed E-state index contributed by atoms with van der Waals surface area (Å²) >= 11 is 3.63. The van der Waals surface area contributed by atoms with Gasteiger partial charge in [0, 0.05) is 6.42 Å². The van der Waals surface area contributed by atoms with Gasteiger partial charge in [0.25, 0.3) is 0 Å². The third kappa shape index (κ3) is 1.11. The molecule has 0 aromatic rings. The first kappa shape index (κ1) is 7.08. The van der Waals surface area contributed by atoms with Crippen LogP contribution in [-0.4, -0.2) is 24.5 Å². The van der Waals surface area contributed by atoms with Crippen molar-refractivity contribution in [2.45, 2.75) is 11.0 Å². The average Bonchev–Trinajstić information content (AvgIpc) is 1.97. The first-order valence-electron chi connectivity index (χ1n) is 2.46. The van der Waals surface area contributed by atoms with Crippen LogP contribution in [0.1, 0.15) is 6.42 Å². The zero-order valence-electron chi connectivity index (χ0n) is 4.57. The summed E-state index contributed by atoms with van der Waals surface area (Å²) in [6, 6.07) is 0. The number of Topliss-reactive ketones (excluding diaryl/α,β-unsaturated/α-hetero) is 1. The Kier molecular flexibility index (Phi) is 1.56. The van der Waals surface area contributed by atoms with E-state index in [-0.39, 0.29) is 18.0 Å². The third-order valence-electron chi connectivity index (χ3n) is 1.25. The monoisotopic (exact) mass is 166 g/mol. The van der Waals surface area contributed by atoms with Crippen LogP contribution in [0.3, 0.4) is 0 Å². The molecule has 0 spiro atoms. The SMILES string of the molecule is O=C1CCS(=O)(=O)C1S. The van der Waals surface area contributed by atoms with Gasteiger partial charge in [-0.1, -0.05) is 0 Å². The van der Waals surface area contributed by atoms with Crippen LogP contribution in [0.5, 0.6) is 0 Å². The highest BCUT2D eigenvalue weighted by Crippen LogP contribution is 2.18. The molecule has 3 nitrogen and oxygen atoms in total. The Morgan fingerprint density at radius 1 is 1.56 bits per heavy atom. The molecule has 52 valence electrons. The van der Waals surface area contributed by atoms with Crippen LogP contribution in [0.25, 0.3) is 0 Å². The second kappa shape index (κ2) is 1.98. The molecule has 0 radical (unpaired) electrons. The number of thiol groups is 1. The number of hydrogen-bond acceptors (Lipinski definition) is 4. The van der Waals surface area contributed by atoms with Gasteiger partial charge in [-0.25, -0.2) is 8.42 Å². The number of carbonyl (C=O) groups excluding carboxylic acids is 1. The van der Waals surface area contributed by atoms with E-state index in [9.17, 15) is 13.2 Å². The van der Waals surface area contributed by atoms with Crippen molar-refractivity contribution >= 4 is 28.2 Å². The molecule has 5 heteroatoms. The predicted octanol–water partition coefficient (Wildman–Crippen LogP) is -0.370. The van der Waals surface area contributed by atoms with Gasteiger partial charge >= 0.3 is 0 Å². The minimum Gasteiger partial charge on any atom is -0.297 e. The highest BCUT2D eigenvalue weighted by Gasteiger charge is 2.35. The Morgan fingerprint density at radius 2 is 2.11 bits per heavy atom. The fourth-order valence-electron chi connectivity index (χ4n) is 0.678. The Hall–Kier alpha value is -0.0300. The van der Waals surface area contributed by atoms with E-state index in [0.717, 1.165) is 0 Å². The Balaban J connectivity index is 3.00. The number of carbonyl (C=O) groups is 1. The van der Waals surface area contributed by atoms with E-state index in [1.165, 1.54) is 0 Å². The summed E-state index contributed by atoms with van der Waals surface area (Å²) in [4.78, 5) is 10.5. The summed E-state index contributed by atoms with van der Waals surface area (Å²) in [7, 11) is -3.16. The van der Waals surface area contributed by atoms with Crippen LogP contribution in [0, 0.1) is 0 Å². The lowest BCUT2D eigenvalue weighted by Crippen LogP contribution is -2.14. The first-order valence-corrected chi connectivity index (χ1v) is 4.69. The normalized spacial score (nSPS) is 33.0. The van der Waals surface area contributed by atoms with Crippen molar-refractivity contribution in [3.05, 3.63) is 0 Å². The van der Waals surface area contributed by atoms with Gasteiger partial charge < -0.3 is 0 Å². The molecule has 1 aliphatic heterocycles. The van der Waals surface area contributed by atoms with Crippen molar-refractivity contribution in [2.24, 2.45) is 0 Å². The Labute approximate surface area is 58.8 Å². The van der Waals surface area contributed by atoms with Gasteiger partial charge in [-0.15, -0.1) is 0 Å². The van der Waals surface area contributed by atoms with E-state index in [4.69, 9.17) is 0 Å². The van der Waals surface area contributed by atoms with Crippen LogP contribution in [0.15, 0.2) is 0 Å². The summed E-state index contributed by atoms with van der Waals surface area (Å²) in [5.41, 5.74) is 0. The van der Waals surface area contributed by atoms with Crippen LogP contribution < -0.4 is 0 Å². The lowest BCUT2D eigenvalue weighted by atomic mass is 10.4. The number of ketones is 1. The molecule has 1 heterocycles. The molecular formula is C4H6O3S2. The van der Waals surface area contributed by atoms with Crippen LogP contribution in [0.4, 0.5) is 0 Å². The quantitative estimate of drug-likeness (QED) is 0.499. The molecular weight excluding hydrogens is 160 g/mol. The lowest BCUT2D eigenvalue weighted by molar-refractivity contribution is -0.116. The van der Waals surface area contributed by atoms with Gasteiger partial charge in [0.1, 0.15) is 0 Å². The average molecular weight is 166 g/mol. The summed E-state index contributed by atoms with van der Waals surface area (Å²) < 4.78 is 20.3. The predicted molar refractivity (Wildman–Crippen MR) is 36.2 cm³/mol. The number of rotatable bonds is 0. The molecule has 1 aliphatic rings. The fraction of sp³-hybridized carbons (Fsp3) is 0.750. The Bertz CT molecular complexity index is 228.